The van der Waals surface area contributed by atoms with Gasteiger partial charge in [0.2, 0.25) is 5.88 Å². The van der Waals surface area contributed by atoms with Gasteiger partial charge in [-0.05, 0) is 37.6 Å². The summed E-state index contributed by atoms with van der Waals surface area (Å²) < 4.78 is 14.9. The fraction of sp³-hybridized carbons (Fsp3) is 0.150. The summed E-state index contributed by atoms with van der Waals surface area (Å²) in [6.45, 7) is 3.61. The molecular weight excluding hydrogens is 349 g/mol. The summed E-state index contributed by atoms with van der Waals surface area (Å²) in [6.07, 6.45) is 0.247. The number of rotatable bonds is 4. The molecular formula is C20H18FN3O3. The van der Waals surface area contributed by atoms with Gasteiger partial charge in [0.15, 0.2) is 0 Å². The van der Waals surface area contributed by atoms with Crippen molar-refractivity contribution in [2.75, 3.05) is 0 Å². The van der Waals surface area contributed by atoms with Gasteiger partial charge in [-0.25, -0.2) is 18.7 Å². The van der Waals surface area contributed by atoms with Crippen molar-refractivity contribution in [1.82, 2.24) is 9.55 Å². The molecule has 0 aliphatic rings. The van der Waals surface area contributed by atoms with Crippen LogP contribution in [0.3, 0.4) is 0 Å². The minimum atomic E-state index is -0.780. The van der Waals surface area contributed by atoms with Gasteiger partial charge in [0.1, 0.15) is 11.4 Å². The zero-order chi connectivity index (χ0) is 19.6. The van der Waals surface area contributed by atoms with Crippen LogP contribution in [0.15, 0.2) is 63.1 Å². The lowest BCUT2D eigenvalue weighted by molar-refractivity contribution is 0.429. The lowest BCUT2D eigenvalue weighted by Gasteiger charge is -2.12. The number of aliphatic imine (C=N–C) groups is 1. The molecule has 0 aliphatic heterocycles. The first kappa shape index (κ1) is 18.3. The van der Waals surface area contributed by atoms with Crippen LogP contribution in [-0.4, -0.2) is 20.4 Å². The van der Waals surface area contributed by atoms with Gasteiger partial charge >= 0.3 is 5.69 Å². The van der Waals surface area contributed by atoms with Crippen LogP contribution < -0.4 is 11.2 Å². The average molecular weight is 367 g/mol. The van der Waals surface area contributed by atoms with E-state index in [0.717, 1.165) is 10.1 Å². The van der Waals surface area contributed by atoms with Gasteiger partial charge in [-0.3, -0.25) is 9.78 Å². The van der Waals surface area contributed by atoms with Crippen LogP contribution in [0.1, 0.15) is 24.5 Å². The summed E-state index contributed by atoms with van der Waals surface area (Å²) in [5.74, 6) is -1.09. The number of nitrogens with one attached hydrogen (secondary N) is 1. The van der Waals surface area contributed by atoms with E-state index in [9.17, 15) is 19.1 Å². The standard InChI is InChI=1S/C20H18FN3O3/c1-3-15(22-16-7-5-4-6-14(16)21)17-18(25)23-20(27)24(19(17)26)13-10-8-12(2)9-11-13/h4-11,26H,3H2,1-2H3,(H,23,25,27). The highest BCUT2D eigenvalue weighted by atomic mass is 19.1. The van der Waals surface area contributed by atoms with Crippen molar-refractivity contribution in [3.63, 3.8) is 0 Å². The summed E-state index contributed by atoms with van der Waals surface area (Å²) in [6, 6.07) is 12.7. The summed E-state index contributed by atoms with van der Waals surface area (Å²) in [5, 5.41) is 10.7. The number of para-hydroxylation sites is 1. The molecule has 0 fully saturated rings. The van der Waals surface area contributed by atoms with Crippen LogP contribution in [0.5, 0.6) is 5.88 Å². The van der Waals surface area contributed by atoms with Crippen LogP contribution in [0.25, 0.3) is 5.69 Å². The maximum Gasteiger partial charge on any atom is 0.335 e. The molecule has 0 atom stereocenters. The van der Waals surface area contributed by atoms with Crippen molar-refractivity contribution in [2.45, 2.75) is 20.3 Å². The van der Waals surface area contributed by atoms with E-state index in [-0.39, 0.29) is 23.4 Å². The number of halogens is 1. The first-order chi connectivity index (χ1) is 12.9. The number of aromatic amines is 1. The van der Waals surface area contributed by atoms with Crippen molar-refractivity contribution in [1.29, 1.82) is 0 Å². The van der Waals surface area contributed by atoms with Gasteiger partial charge in [0.25, 0.3) is 5.56 Å². The van der Waals surface area contributed by atoms with E-state index in [1.165, 1.54) is 18.2 Å². The normalized spacial score (nSPS) is 11.6. The maximum atomic E-state index is 13.9. The van der Waals surface area contributed by atoms with Gasteiger partial charge in [-0.1, -0.05) is 36.8 Å². The molecule has 1 aromatic heterocycles. The van der Waals surface area contributed by atoms with Crippen molar-refractivity contribution in [2.24, 2.45) is 4.99 Å². The summed E-state index contributed by atoms with van der Waals surface area (Å²) in [7, 11) is 0. The van der Waals surface area contributed by atoms with E-state index in [0.29, 0.717) is 5.69 Å². The minimum Gasteiger partial charge on any atom is -0.493 e. The largest absolute Gasteiger partial charge is 0.493 e. The predicted octanol–water partition coefficient (Wildman–Crippen LogP) is 3.21. The van der Waals surface area contributed by atoms with Crippen LogP contribution in [0.4, 0.5) is 10.1 Å². The number of hydrogen-bond donors (Lipinski definition) is 2. The first-order valence-electron chi connectivity index (χ1n) is 8.40. The van der Waals surface area contributed by atoms with Crippen molar-refractivity contribution in [3.8, 4) is 11.6 Å². The smallest absolute Gasteiger partial charge is 0.335 e. The Bertz CT molecular complexity index is 1130. The van der Waals surface area contributed by atoms with E-state index in [2.05, 4.69) is 9.98 Å². The molecule has 3 aromatic rings. The highest BCUT2D eigenvalue weighted by Crippen LogP contribution is 2.22. The Morgan fingerprint density at radius 2 is 1.81 bits per heavy atom. The van der Waals surface area contributed by atoms with Gasteiger partial charge in [-0.15, -0.1) is 0 Å². The first-order valence-corrected chi connectivity index (χ1v) is 8.40. The molecule has 0 radical (unpaired) electrons. The molecule has 0 amide bonds. The molecule has 0 unspecified atom stereocenters. The fourth-order valence-corrected chi connectivity index (χ4v) is 2.72. The third-order valence-electron chi connectivity index (χ3n) is 4.11. The molecule has 7 heteroatoms. The molecule has 0 bridgehead atoms. The Balaban J connectivity index is 2.25. The third kappa shape index (κ3) is 3.57. The fourth-order valence-electron chi connectivity index (χ4n) is 2.72. The summed E-state index contributed by atoms with van der Waals surface area (Å²) >= 11 is 0. The monoisotopic (exact) mass is 367 g/mol. The molecule has 6 nitrogen and oxygen atoms in total. The van der Waals surface area contributed by atoms with E-state index < -0.39 is 22.9 Å². The average Bonchev–Trinajstić information content (AvgIpc) is 2.63. The van der Waals surface area contributed by atoms with Crippen LogP contribution in [-0.2, 0) is 0 Å². The van der Waals surface area contributed by atoms with Crippen molar-refractivity contribution >= 4 is 11.4 Å². The summed E-state index contributed by atoms with van der Waals surface area (Å²) in [5.41, 5.74) is -0.139. The van der Waals surface area contributed by atoms with Crippen LogP contribution in [0.2, 0.25) is 0 Å². The Labute approximate surface area is 154 Å². The highest BCUT2D eigenvalue weighted by molar-refractivity contribution is 6.03. The second-order valence-electron chi connectivity index (χ2n) is 5.99. The Kier molecular flexibility index (Phi) is 5.03. The number of benzene rings is 2. The molecule has 138 valence electrons. The minimum absolute atomic E-state index is 0.0428. The predicted molar refractivity (Wildman–Crippen MR) is 102 cm³/mol. The van der Waals surface area contributed by atoms with E-state index in [1.807, 2.05) is 6.92 Å². The van der Waals surface area contributed by atoms with Crippen LogP contribution in [0, 0.1) is 12.7 Å². The zero-order valence-electron chi connectivity index (χ0n) is 14.9. The Morgan fingerprint density at radius 3 is 2.44 bits per heavy atom. The number of nitrogens with zero attached hydrogens (tertiary/aromatic N) is 2. The quantitative estimate of drug-likeness (QED) is 0.694. The van der Waals surface area contributed by atoms with Gasteiger partial charge < -0.3 is 5.11 Å². The molecule has 27 heavy (non-hydrogen) atoms. The SMILES string of the molecule is CCC(=Nc1ccccc1F)c1c(O)n(-c2ccc(C)cc2)c(=O)[nH]c1=O. The lowest BCUT2D eigenvalue weighted by Crippen LogP contribution is -2.33. The number of aromatic nitrogens is 2. The Morgan fingerprint density at radius 1 is 1.15 bits per heavy atom. The molecule has 0 saturated heterocycles. The Hall–Kier alpha value is -3.48. The van der Waals surface area contributed by atoms with Crippen molar-refractivity contribution in [3.05, 3.63) is 86.3 Å². The number of aromatic hydroxyl groups is 1. The lowest BCUT2D eigenvalue weighted by atomic mass is 10.1. The maximum absolute atomic E-state index is 13.9. The molecule has 0 aliphatic carbocycles. The van der Waals surface area contributed by atoms with Gasteiger partial charge in [0.05, 0.1) is 17.1 Å². The number of aryl methyl sites for hydroxylation is 1. The number of H-pyrrole nitrogens is 1. The van der Waals surface area contributed by atoms with E-state index >= 15 is 0 Å². The molecule has 1 heterocycles. The zero-order valence-corrected chi connectivity index (χ0v) is 14.9. The number of hydrogen-bond acceptors (Lipinski definition) is 4. The van der Waals surface area contributed by atoms with E-state index in [4.69, 9.17) is 0 Å². The second-order valence-corrected chi connectivity index (χ2v) is 5.99. The topological polar surface area (TPSA) is 87.4 Å². The molecule has 2 aromatic carbocycles. The molecule has 2 N–H and O–H groups in total. The second kappa shape index (κ2) is 7.41. The molecule has 0 saturated carbocycles. The van der Waals surface area contributed by atoms with Crippen LogP contribution >= 0.6 is 0 Å². The van der Waals surface area contributed by atoms with Gasteiger partial charge in [0, 0.05) is 0 Å². The van der Waals surface area contributed by atoms with E-state index in [1.54, 1.807) is 37.3 Å². The highest BCUT2D eigenvalue weighted by Gasteiger charge is 2.19. The van der Waals surface area contributed by atoms with Crippen molar-refractivity contribution < 1.29 is 9.50 Å². The van der Waals surface area contributed by atoms with Gasteiger partial charge in [-0.2, -0.15) is 0 Å². The third-order valence-corrected chi connectivity index (χ3v) is 4.11. The summed E-state index contributed by atoms with van der Waals surface area (Å²) in [4.78, 5) is 31.0. The molecule has 0 spiro atoms. The molecule has 3 rings (SSSR count).